The molecule has 7 heteroatoms. The van der Waals surface area contributed by atoms with Crippen molar-refractivity contribution in [2.45, 2.75) is 135 Å². The first-order valence-corrected chi connectivity index (χ1v) is 20.1. The normalized spacial score (nSPS) is 21.2. The number of ether oxygens (including phenoxy) is 1. The fraction of sp³-hybridized carbons (Fsp3) is 0.674. The number of benzene rings is 2. The van der Waals surface area contributed by atoms with Crippen molar-refractivity contribution in [3.05, 3.63) is 59.4 Å². The SMILES string of the molecule is CCCCCCCCCCCCCCC(C)(C)C(=O)OC[N+]1(CCCC(=O)c2ccc(F)cc2)CC[C@H]2[C@@H](C1)c1cccc3c1N2CCN3C. The largest absolute Gasteiger partial charge is 0.415 e. The molecular formula is C43H65FN3O3+. The molecular weight excluding hydrogens is 625 g/mol. The van der Waals surface area contributed by atoms with Gasteiger partial charge in [-0.05, 0) is 56.2 Å². The lowest BCUT2D eigenvalue weighted by molar-refractivity contribution is -0.949. The highest BCUT2D eigenvalue weighted by atomic mass is 19.1. The van der Waals surface area contributed by atoms with Gasteiger partial charge in [0.05, 0.1) is 42.3 Å². The minimum atomic E-state index is -0.519. The number of Topliss-reactive ketones (excluding diaryl/α,β-unsaturated/α-hetero) is 1. The number of fused-ring (bicyclic) bond motifs is 3. The molecule has 50 heavy (non-hydrogen) atoms. The van der Waals surface area contributed by atoms with Crippen LogP contribution in [0.4, 0.5) is 15.8 Å². The summed E-state index contributed by atoms with van der Waals surface area (Å²) in [4.78, 5) is 31.7. The molecule has 1 unspecified atom stereocenters. The van der Waals surface area contributed by atoms with Gasteiger partial charge in [-0.3, -0.25) is 14.1 Å². The Morgan fingerprint density at radius 1 is 0.880 bits per heavy atom. The lowest BCUT2D eigenvalue weighted by Crippen LogP contribution is -2.60. The van der Waals surface area contributed by atoms with Gasteiger partial charge in [-0.2, -0.15) is 0 Å². The van der Waals surface area contributed by atoms with Gasteiger partial charge >= 0.3 is 5.97 Å². The maximum Gasteiger partial charge on any atom is 0.315 e. The Morgan fingerprint density at radius 3 is 2.22 bits per heavy atom. The molecule has 0 N–H and O–H groups in total. The quantitative estimate of drug-likeness (QED) is 0.0565. The molecule has 0 spiro atoms. The predicted octanol–water partition coefficient (Wildman–Crippen LogP) is 10.0. The Bertz CT molecular complexity index is 1390. The van der Waals surface area contributed by atoms with Crippen LogP contribution in [0.2, 0.25) is 0 Å². The van der Waals surface area contributed by atoms with E-state index in [0.717, 1.165) is 52.0 Å². The number of ketones is 1. The summed E-state index contributed by atoms with van der Waals surface area (Å²) in [5, 5.41) is 0. The number of likely N-dealkylation sites (tertiary alicyclic amines) is 1. The monoisotopic (exact) mass is 691 g/mol. The maximum atomic E-state index is 13.7. The number of nitrogens with zero attached hydrogens (tertiary/aromatic N) is 3. The number of quaternary nitrogens is 1. The van der Waals surface area contributed by atoms with Crippen molar-refractivity contribution in [1.29, 1.82) is 0 Å². The smallest absolute Gasteiger partial charge is 0.315 e. The van der Waals surface area contributed by atoms with Gasteiger partial charge in [-0.15, -0.1) is 0 Å². The Labute approximate surface area is 302 Å². The Kier molecular flexibility index (Phi) is 13.8. The third-order valence-corrected chi connectivity index (χ3v) is 12.0. The fourth-order valence-corrected chi connectivity index (χ4v) is 8.85. The third-order valence-electron chi connectivity index (χ3n) is 12.0. The molecule has 0 bridgehead atoms. The second-order valence-corrected chi connectivity index (χ2v) is 16.4. The van der Waals surface area contributed by atoms with Crippen molar-refractivity contribution in [2.24, 2.45) is 5.41 Å². The van der Waals surface area contributed by atoms with Crippen molar-refractivity contribution in [2.75, 3.05) is 56.3 Å². The number of esters is 1. The summed E-state index contributed by atoms with van der Waals surface area (Å²) in [7, 11) is 2.19. The fourth-order valence-electron chi connectivity index (χ4n) is 8.85. The van der Waals surface area contributed by atoms with E-state index in [2.05, 4.69) is 42.0 Å². The Balaban J connectivity index is 1.15. The summed E-state index contributed by atoms with van der Waals surface area (Å²) in [6.45, 7) is 11.4. The highest BCUT2D eigenvalue weighted by Crippen LogP contribution is 2.51. The molecule has 6 nitrogen and oxygen atoms in total. The summed E-state index contributed by atoms with van der Waals surface area (Å²) in [6, 6.07) is 13.1. The highest BCUT2D eigenvalue weighted by Gasteiger charge is 2.50. The molecule has 2 aromatic carbocycles. The van der Waals surface area contributed by atoms with Crippen LogP contribution in [0.15, 0.2) is 42.5 Å². The molecule has 3 atom stereocenters. The molecule has 0 aliphatic carbocycles. The molecule has 0 radical (unpaired) electrons. The van der Waals surface area contributed by atoms with Gasteiger partial charge in [0.2, 0.25) is 6.73 Å². The minimum Gasteiger partial charge on any atom is -0.415 e. The average molecular weight is 691 g/mol. The lowest BCUT2D eigenvalue weighted by Gasteiger charge is -2.47. The lowest BCUT2D eigenvalue weighted by atomic mass is 9.86. The van der Waals surface area contributed by atoms with Crippen molar-refractivity contribution in [1.82, 2.24) is 0 Å². The van der Waals surface area contributed by atoms with E-state index in [4.69, 9.17) is 4.74 Å². The molecule has 276 valence electrons. The topological polar surface area (TPSA) is 49.9 Å². The first-order valence-electron chi connectivity index (χ1n) is 20.1. The zero-order chi connectivity index (χ0) is 35.6. The van der Waals surface area contributed by atoms with Crippen molar-refractivity contribution in [3.8, 4) is 0 Å². The first kappa shape index (κ1) is 38.3. The van der Waals surface area contributed by atoms with Crippen molar-refractivity contribution < 1.29 is 23.2 Å². The van der Waals surface area contributed by atoms with Crippen LogP contribution in [-0.4, -0.2) is 68.8 Å². The number of halogens is 1. The zero-order valence-corrected chi connectivity index (χ0v) is 31.7. The van der Waals surface area contributed by atoms with E-state index in [-0.39, 0.29) is 17.6 Å². The van der Waals surface area contributed by atoms with Crippen molar-refractivity contribution in [3.63, 3.8) is 0 Å². The van der Waals surface area contributed by atoms with E-state index in [1.807, 2.05) is 13.8 Å². The number of rotatable bonds is 21. The summed E-state index contributed by atoms with van der Waals surface area (Å²) in [5.74, 6) is -0.0279. The van der Waals surface area contributed by atoms with E-state index in [1.54, 1.807) is 12.1 Å². The minimum absolute atomic E-state index is 0.0366. The van der Waals surface area contributed by atoms with Gasteiger partial charge < -0.3 is 14.5 Å². The molecule has 0 aromatic heterocycles. The van der Waals surface area contributed by atoms with Crippen LogP contribution in [0.1, 0.15) is 145 Å². The van der Waals surface area contributed by atoms with Gasteiger partial charge in [0.1, 0.15) is 5.82 Å². The standard InChI is InChI=1S/C43H65FN3O3/c1-5-6-7-8-9-10-11-12-13-14-15-16-27-43(2,3)42(49)50-33-47(30-18-21-40(48)34-22-24-35(44)25-23-34)31-26-38-37(32-47)36-19-17-20-39-41(36)46(38)29-28-45(39)4/h17,19-20,22-25,37-38H,5-16,18,21,26-33H2,1-4H3/q+1/t37-,38-,47?/m0/s1. The van der Waals surface area contributed by atoms with Gasteiger partial charge in [0, 0.05) is 51.0 Å². The number of hydrogen-bond acceptors (Lipinski definition) is 5. The number of para-hydroxylation sites is 1. The van der Waals surface area contributed by atoms with Crippen molar-refractivity contribution >= 4 is 23.1 Å². The summed E-state index contributed by atoms with van der Waals surface area (Å²) < 4.78 is 20.5. The average Bonchev–Trinajstić information content (AvgIpc) is 3.42. The second kappa shape index (κ2) is 18.0. The summed E-state index contributed by atoms with van der Waals surface area (Å²) >= 11 is 0. The third kappa shape index (κ3) is 9.68. The summed E-state index contributed by atoms with van der Waals surface area (Å²) in [5.41, 5.74) is 4.16. The Morgan fingerprint density at radius 2 is 1.54 bits per heavy atom. The maximum absolute atomic E-state index is 13.7. The number of carbonyl (C=O) groups is 2. The van der Waals surface area contributed by atoms with Gasteiger partial charge in [-0.1, -0.05) is 96.1 Å². The van der Waals surface area contributed by atoms with Crippen LogP contribution in [0.3, 0.4) is 0 Å². The van der Waals surface area contributed by atoms with Gasteiger partial charge in [-0.25, -0.2) is 4.39 Å². The van der Waals surface area contributed by atoms with E-state index in [0.29, 0.717) is 41.6 Å². The molecule has 1 saturated heterocycles. The van der Waals surface area contributed by atoms with Gasteiger partial charge in [0.15, 0.2) is 5.78 Å². The molecule has 0 amide bonds. The predicted molar refractivity (Wildman–Crippen MR) is 203 cm³/mol. The van der Waals surface area contributed by atoms with Crippen LogP contribution in [0, 0.1) is 11.2 Å². The molecule has 3 heterocycles. The van der Waals surface area contributed by atoms with Crippen LogP contribution in [0.5, 0.6) is 0 Å². The van der Waals surface area contributed by atoms with Crippen LogP contribution < -0.4 is 9.80 Å². The number of unbranched alkanes of at least 4 members (excludes halogenated alkanes) is 11. The number of likely N-dealkylation sites (N-methyl/N-ethyl adjacent to an activating group) is 1. The Hall–Kier alpha value is -2.93. The van der Waals surface area contributed by atoms with E-state index in [9.17, 15) is 14.0 Å². The number of carbonyl (C=O) groups excluding carboxylic acids is 2. The van der Waals surface area contributed by atoms with E-state index >= 15 is 0 Å². The first-order chi connectivity index (χ1) is 24.1. The van der Waals surface area contributed by atoms with Crippen LogP contribution in [0.25, 0.3) is 0 Å². The van der Waals surface area contributed by atoms with Gasteiger partial charge in [0.25, 0.3) is 0 Å². The van der Waals surface area contributed by atoms with E-state index < -0.39 is 5.41 Å². The molecule has 5 rings (SSSR count). The van der Waals surface area contributed by atoms with Crippen LogP contribution >= 0.6 is 0 Å². The molecule has 3 aliphatic rings. The molecule has 1 fully saturated rings. The number of anilines is 2. The second-order valence-electron chi connectivity index (χ2n) is 16.4. The molecule has 0 saturated carbocycles. The highest BCUT2D eigenvalue weighted by molar-refractivity contribution is 5.96. The van der Waals surface area contributed by atoms with Crippen LogP contribution in [-0.2, 0) is 9.53 Å². The summed E-state index contributed by atoms with van der Waals surface area (Å²) in [6.07, 6.45) is 18.7. The number of hydrogen-bond donors (Lipinski definition) is 0. The molecule has 2 aromatic rings. The van der Waals surface area contributed by atoms with E-state index in [1.165, 1.54) is 99.7 Å². The number of piperidine rings is 1. The zero-order valence-electron chi connectivity index (χ0n) is 31.7. The molecule has 3 aliphatic heterocycles.